The summed E-state index contributed by atoms with van der Waals surface area (Å²) in [4.78, 5) is 0. The molecule has 0 spiro atoms. The van der Waals surface area contributed by atoms with Crippen LogP contribution >= 0.6 is 0 Å². The molecule has 1 N–H and O–H groups in total. The molecule has 0 aliphatic carbocycles. The Balaban J connectivity index is 2.10. The lowest BCUT2D eigenvalue weighted by atomic mass is 9.95. The Labute approximate surface area is 91.4 Å². The lowest BCUT2D eigenvalue weighted by Crippen LogP contribution is -2.41. The Bertz CT molecular complexity index is 327. The number of hydrogen-bond acceptors (Lipinski definition) is 2. The normalized spacial score (nSPS) is 27.9. The van der Waals surface area contributed by atoms with Crippen LogP contribution in [0, 0.1) is 0 Å². The third-order valence-electron chi connectivity index (χ3n) is 2.98. The van der Waals surface area contributed by atoms with Crippen molar-refractivity contribution in [2.24, 2.45) is 0 Å². The van der Waals surface area contributed by atoms with Crippen LogP contribution in [0.5, 0.6) is 0 Å². The Morgan fingerprint density at radius 1 is 1.20 bits per heavy atom. The Morgan fingerprint density at radius 3 is 2.27 bits per heavy atom. The van der Waals surface area contributed by atoms with Crippen LogP contribution in [0.3, 0.4) is 0 Å². The standard InChI is InChI=1S/C12H20N2O/c1-11(2)9-10(12(3,4)15-11)13-14-7-5-6-8-14/h5-8,10,13H,9H2,1-4H3. The zero-order valence-corrected chi connectivity index (χ0v) is 9.95. The molecule has 1 aliphatic rings. The molecule has 1 atom stereocenters. The van der Waals surface area contributed by atoms with Gasteiger partial charge in [0.25, 0.3) is 0 Å². The van der Waals surface area contributed by atoms with Crippen LogP contribution in [0.4, 0.5) is 0 Å². The zero-order valence-electron chi connectivity index (χ0n) is 9.95. The molecule has 1 aromatic heterocycles. The predicted octanol–water partition coefficient (Wildman–Crippen LogP) is 2.38. The highest BCUT2D eigenvalue weighted by Gasteiger charge is 2.45. The lowest BCUT2D eigenvalue weighted by molar-refractivity contribution is -0.0668. The molecule has 3 nitrogen and oxygen atoms in total. The number of ether oxygens (including phenoxy) is 1. The first-order valence-corrected chi connectivity index (χ1v) is 5.49. The quantitative estimate of drug-likeness (QED) is 0.807. The second-order valence-corrected chi connectivity index (χ2v) is 5.44. The second-order valence-electron chi connectivity index (χ2n) is 5.44. The van der Waals surface area contributed by atoms with E-state index in [1.165, 1.54) is 0 Å². The van der Waals surface area contributed by atoms with E-state index in [4.69, 9.17) is 4.74 Å². The molecule has 0 saturated carbocycles. The van der Waals surface area contributed by atoms with Gasteiger partial charge in [0, 0.05) is 18.8 Å². The van der Waals surface area contributed by atoms with Crippen LogP contribution < -0.4 is 5.43 Å². The van der Waals surface area contributed by atoms with Crippen molar-refractivity contribution in [3.63, 3.8) is 0 Å². The molecule has 2 heterocycles. The van der Waals surface area contributed by atoms with Crippen molar-refractivity contribution in [1.29, 1.82) is 0 Å². The van der Waals surface area contributed by atoms with Gasteiger partial charge in [0.15, 0.2) is 0 Å². The third kappa shape index (κ3) is 2.17. The van der Waals surface area contributed by atoms with E-state index < -0.39 is 0 Å². The number of nitrogens with one attached hydrogen (secondary N) is 1. The first-order chi connectivity index (χ1) is 6.89. The van der Waals surface area contributed by atoms with Crippen LogP contribution in [-0.4, -0.2) is 21.9 Å². The summed E-state index contributed by atoms with van der Waals surface area (Å²) < 4.78 is 8.02. The van der Waals surface area contributed by atoms with E-state index in [-0.39, 0.29) is 11.2 Å². The largest absolute Gasteiger partial charge is 0.367 e. The topological polar surface area (TPSA) is 26.2 Å². The van der Waals surface area contributed by atoms with Gasteiger partial charge in [-0.1, -0.05) is 0 Å². The van der Waals surface area contributed by atoms with E-state index in [9.17, 15) is 0 Å². The minimum atomic E-state index is -0.117. The van der Waals surface area contributed by atoms with E-state index in [0.717, 1.165) is 6.42 Å². The van der Waals surface area contributed by atoms with E-state index in [2.05, 4.69) is 33.1 Å². The molecule has 0 radical (unpaired) electrons. The second kappa shape index (κ2) is 3.27. The molecule has 3 heteroatoms. The van der Waals surface area contributed by atoms with Crippen molar-refractivity contribution >= 4 is 0 Å². The Morgan fingerprint density at radius 2 is 1.80 bits per heavy atom. The van der Waals surface area contributed by atoms with E-state index in [1.807, 2.05) is 29.2 Å². The summed E-state index contributed by atoms with van der Waals surface area (Å²) in [6, 6.07) is 4.38. The van der Waals surface area contributed by atoms with E-state index >= 15 is 0 Å². The molecule has 1 aromatic rings. The molecule has 2 rings (SSSR count). The summed E-state index contributed by atoms with van der Waals surface area (Å²) in [5, 5.41) is 0. The Kier molecular flexibility index (Phi) is 2.30. The van der Waals surface area contributed by atoms with Gasteiger partial charge in [-0.05, 0) is 39.8 Å². The van der Waals surface area contributed by atoms with Crippen LogP contribution in [0.15, 0.2) is 24.5 Å². The Hall–Kier alpha value is -0.960. The van der Waals surface area contributed by atoms with Crippen LogP contribution in [0.25, 0.3) is 0 Å². The molecule has 15 heavy (non-hydrogen) atoms. The SMILES string of the molecule is CC1(C)CC(Nn2cccc2)C(C)(C)O1. The van der Waals surface area contributed by atoms with Crippen molar-refractivity contribution in [3.05, 3.63) is 24.5 Å². The number of nitrogens with zero attached hydrogens (tertiary/aromatic N) is 1. The van der Waals surface area contributed by atoms with Gasteiger partial charge in [0.1, 0.15) is 0 Å². The molecule has 1 saturated heterocycles. The molecule has 0 bridgehead atoms. The summed E-state index contributed by atoms with van der Waals surface area (Å²) in [5.74, 6) is 0. The average Bonchev–Trinajstić information content (AvgIpc) is 2.58. The van der Waals surface area contributed by atoms with Gasteiger partial charge in [-0.15, -0.1) is 0 Å². The first-order valence-electron chi connectivity index (χ1n) is 5.49. The minimum Gasteiger partial charge on any atom is -0.367 e. The molecule has 0 amide bonds. The number of hydrogen-bond donors (Lipinski definition) is 1. The molecular formula is C12H20N2O. The van der Waals surface area contributed by atoms with E-state index in [1.54, 1.807) is 0 Å². The maximum atomic E-state index is 6.02. The number of aromatic nitrogens is 1. The van der Waals surface area contributed by atoms with Gasteiger partial charge in [-0.2, -0.15) is 0 Å². The van der Waals surface area contributed by atoms with Gasteiger partial charge in [-0.3, -0.25) is 4.68 Å². The monoisotopic (exact) mass is 208 g/mol. The van der Waals surface area contributed by atoms with Gasteiger partial charge >= 0.3 is 0 Å². The average molecular weight is 208 g/mol. The highest BCUT2D eigenvalue weighted by molar-refractivity contribution is 5.06. The van der Waals surface area contributed by atoms with E-state index in [0.29, 0.717) is 6.04 Å². The maximum absolute atomic E-state index is 6.02. The summed E-state index contributed by atoms with van der Waals surface area (Å²) in [5.41, 5.74) is 3.31. The van der Waals surface area contributed by atoms with Crippen LogP contribution in [0.2, 0.25) is 0 Å². The summed E-state index contributed by atoms with van der Waals surface area (Å²) in [6.07, 6.45) is 5.06. The highest BCUT2D eigenvalue weighted by atomic mass is 16.5. The molecule has 1 aliphatic heterocycles. The van der Waals surface area contributed by atoms with Crippen molar-refractivity contribution in [2.45, 2.75) is 51.4 Å². The predicted molar refractivity (Wildman–Crippen MR) is 61.4 cm³/mol. The number of rotatable bonds is 2. The molecule has 1 fully saturated rings. The minimum absolute atomic E-state index is 0.0334. The molecule has 1 unspecified atom stereocenters. The third-order valence-corrected chi connectivity index (χ3v) is 2.98. The van der Waals surface area contributed by atoms with Gasteiger partial charge in [0.05, 0.1) is 17.2 Å². The first kappa shape index (κ1) is 10.6. The van der Waals surface area contributed by atoms with Crippen LogP contribution in [-0.2, 0) is 4.74 Å². The molecule has 84 valence electrons. The lowest BCUT2D eigenvalue weighted by Gasteiger charge is -2.28. The fourth-order valence-electron chi connectivity index (χ4n) is 2.36. The molecular weight excluding hydrogens is 188 g/mol. The van der Waals surface area contributed by atoms with Gasteiger partial charge in [-0.25, -0.2) is 0 Å². The van der Waals surface area contributed by atoms with Crippen molar-refractivity contribution in [1.82, 2.24) is 4.68 Å². The van der Waals surface area contributed by atoms with Crippen molar-refractivity contribution < 1.29 is 4.74 Å². The summed E-state index contributed by atoms with van der Waals surface area (Å²) in [6.45, 7) is 8.57. The smallest absolute Gasteiger partial charge is 0.0850 e. The van der Waals surface area contributed by atoms with Gasteiger partial charge < -0.3 is 10.2 Å². The van der Waals surface area contributed by atoms with Crippen molar-refractivity contribution in [3.8, 4) is 0 Å². The molecule has 0 aromatic carbocycles. The van der Waals surface area contributed by atoms with Crippen LogP contribution in [0.1, 0.15) is 34.1 Å². The fraction of sp³-hybridized carbons (Fsp3) is 0.667. The van der Waals surface area contributed by atoms with Crippen molar-refractivity contribution in [2.75, 3.05) is 5.43 Å². The zero-order chi connectivity index (χ0) is 11.1. The van der Waals surface area contributed by atoms with Gasteiger partial charge in [0.2, 0.25) is 0 Å². The summed E-state index contributed by atoms with van der Waals surface area (Å²) >= 11 is 0. The highest BCUT2D eigenvalue weighted by Crippen LogP contribution is 2.37. The fourth-order valence-corrected chi connectivity index (χ4v) is 2.36. The maximum Gasteiger partial charge on any atom is 0.0850 e. The summed E-state index contributed by atoms with van der Waals surface area (Å²) in [7, 11) is 0.